The fourth-order valence-electron chi connectivity index (χ4n) is 1.24. The summed E-state index contributed by atoms with van der Waals surface area (Å²) in [6.07, 6.45) is 5.52. The van der Waals surface area contributed by atoms with Gasteiger partial charge in [-0.25, -0.2) is 4.68 Å². The molecule has 15 heavy (non-hydrogen) atoms. The molecule has 0 saturated heterocycles. The van der Waals surface area contributed by atoms with Crippen LogP contribution in [0.5, 0.6) is 5.75 Å². The average Bonchev–Trinajstić information content (AvgIpc) is 2.77. The van der Waals surface area contributed by atoms with Gasteiger partial charge < -0.3 is 4.74 Å². The van der Waals surface area contributed by atoms with Gasteiger partial charge in [-0.2, -0.15) is 5.10 Å². The Morgan fingerprint density at radius 2 is 2.40 bits per heavy atom. The maximum Gasteiger partial charge on any atom is 0.170 e. The highest BCUT2D eigenvalue weighted by Gasteiger charge is 2.06. The molecule has 5 heteroatoms. The first-order valence-corrected chi connectivity index (χ1v) is 4.34. The standard InChI is InChI=1S/C10H9N3O2/c1-15-8-5-12-13(6-8)10-3-2-4-11-9(10)7-14/h2-7H,1H3. The number of nitrogens with zero attached hydrogens (tertiary/aromatic N) is 3. The van der Waals surface area contributed by atoms with Crippen molar-refractivity contribution in [3.8, 4) is 11.4 Å². The van der Waals surface area contributed by atoms with Crippen molar-refractivity contribution in [1.29, 1.82) is 0 Å². The molecule has 0 saturated carbocycles. The Labute approximate surface area is 86.3 Å². The van der Waals surface area contributed by atoms with Gasteiger partial charge in [0.15, 0.2) is 12.0 Å². The van der Waals surface area contributed by atoms with E-state index in [1.54, 1.807) is 42.5 Å². The summed E-state index contributed by atoms with van der Waals surface area (Å²) in [6, 6.07) is 3.51. The minimum Gasteiger partial charge on any atom is -0.493 e. The molecular formula is C10H9N3O2. The lowest BCUT2D eigenvalue weighted by molar-refractivity contribution is 0.111. The Hall–Kier alpha value is -2.17. The molecule has 5 nitrogen and oxygen atoms in total. The molecule has 0 aromatic carbocycles. The quantitative estimate of drug-likeness (QED) is 0.700. The minimum absolute atomic E-state index is 0.350. The van der Waals surface area contributed by atoms with Crippen LogP contribution in [-0.4, -0.2) is 28.2 Å². The van der Waals surface area contributed by atoms with Gasteiger partial charge in [-0.05, 0) is 12.1 Å². The summed E-state index contributed by atoms with van der Waals surface area (Å²) in [5, 5.41) is 4.06. The molecule has 0 radical (unpaired) electrons. The van der Waals surface area contributed by atoms with Gasteiger partial charge in [-0.3, -0.25) is 9.78 Å². The Kier molecular flexibility index (Phi) is 2.45. The second kappa shape index (κ2) is 3.91. The van der Waals surface area contributed by atoms with Gasteiger partial charge in [0, 0.05) is 6.20 Å². The van der Waals surface area contributed by atoms with E-state index in [1.165, 1.54) is 0 Å². The van der Waals surface area contributed by atoms with Crippen molar-refractivity contribution >= 4 is 6.29 Å². The van der Waals surface area contributed by atoms with Crippen LogP contribution in [-0.2, 0) is 0 Å². The third kappa shape index (κ3) is 1.71. The zero-order valence-corrected chi connectivity index (χ0v) is 8.12. The van der Waals surface area contributed by atoms with Crippen LogP contribution in [0.25, 0.3) is 5.69 Å². The summed E-state index contributed by atoms with van der Waals surface area (Å²) in [6.45, 7) is 0. The third-order valence-corrected chi connectivity index (χ3v) is 1.97. The number of aldehydes is 1. The summed E-state index contributed by atoms with van der Waals surface area (Å²) < 4.78 is 6.55. The van der Waals surface area contributed by atoms with E-state index in [2.05, 4.69) is 10.1 Å². The molecule has 2 heterocycles. The van der Waals surface area contributed by atoms with E-state index in [-0.39, 0.29) is 0 Å². The highest BCUT2D eigenvalue weighted by molar-refractivity contribution is 5.77. The van der Waals surface area contributed by atoms with Crippen molar-refractivity contribution in [3.63, 3.8) is 0 Å². The van der Waals surface area contributed by atoms with Crippen LogP contribution < -0.4 is 4.74 Å². The van der Waals surface area contributed by atoms with Gasteiger partial charge in [0.2, 0.25) is 0 Å². The van der Waals surface area contributed by atoms with Crippen molar-refractivity contribution in [3.05, 3.63) is 36.4 Å². The average molecular weight is 203 g/mol. The molecule has 0 N–H and O–H groups in total. The monoisotopic (exact) mass is 203 g/mol. The zero-order chi connectivity index (χ0) is 10.7. The first-order chi connectivity index (χ1) is 7.35. The smallest absolute Gasteiger partial charge is 0.170 e. The number of carbonyl (C=O) groups is 1. The third-order valence-electron chi connectivity index (χ3n) is 1.97. The normalized spacial score (nSPS) is 9.93. The van der Waals surface area contributed by atoms with Crippen molar-refractivity contribution in [2.24, 2.45) is 0 Å². The molecule has 0 fully saturated rings. The van der Waals surface area contributed by atoms with Crippen molar-refractivity contribution in [2.75, 3.05) is 7.11 Å². The lowest BCUT2D eigenvalue weighted by Gasteiger charge is -2.02. The van der Waals surface area contributed by atoms with Crippen molar-refractivity contribution < 1.29 is 9.53 Å². The van der Waals surface area contributed by atoms with E-state index >= 15 is 0 Å². The molecule has 0 unspecified atom stereocenters. The van der Waals surface area contributed by atoms with E-state index in [9.17, 15) is 4.79 Å². The number of hydrogen-bond donors (Lipinski definition) is 0. The molecule has 0 aliphatic rings. The molecule has 76 valence electrons. The van der Waals surface area contributed by atoms with E-state index in [4.69, 9.17) is 4.74 Å². The van der Waals surface area contributed by atoms with E-state index < -0.39 is 0 Å². The van der Waals surface area contributed by atoms with E-state index in [0.29, 0.717) is 23.4 Å². The highest BCUT2D eigenvalue weighted by atomic mass is 16.5. The predicted octanol–water partition coefficient (Wildman–Crippen LogP) is 1.09. The SMILES string of the molecule is COc1cnn(-c2cccnc2C=O)c1. The molecule has 0 spiro atoms. The maximum absolute atomic E-state index is 10.7. The number of ether oxygens (including phenoxy) is 1. The van der Waals surface area contributed by atoms with Crippen LogP contribution in [0.4, 0.5) is 0 Å². The fourth-order valence-corrected chi connectivity index (χ4v) is 1.24. The molecule has 0 aliphatic carbocycles. The number of hydrogen-bond acceptors (Lipinski definition) is 4. The molecule has 0 bridgehead atoms. The second-order valence-corrected chi connectivity index (χ2v) is 2.85. The summed E-state index contributed by atoms with van der Waals surface area (Å²) in [5.74, 6) is 0.635. The highest BCUT2D eigenvalue weighted by Crippen LogP contribution is 2.14. The number of carbonyl (C=O) groups excluding carboxylic acids is 1. The topological polar surface area (TPSA) is 57.0 Å². The van der Waals surface area contributed by atoms with Gasteiger partial charge in [0.25, 0.3) is 0 Å². The second-order valence-electron chi connectivity index (χ2n) is 2.85. The molecule has 2 rings (SSSR count). The maximum atomic E-state index is 10.7. The minimum atomic E-state index is 0.350. The summed E-state index contributed by atoms with van der Waals surface area (Å²) >= 11 is 0. The van der Waals surface area contributed by atoms with E-state index in [1.807, 2.05) is 0 Å². The number of pyridine rings is 1. The van der Waals surface area contributed by atoms with Crippen LogP contribution >= 0.6 is 0 Å². The Balaban J connectivity index is 2.48. The Bertz CT molecular complexity index is 479. The lowest BCUT2D eigenvalue weighted by Crippen LogP contribution is -2.00. The predicted molar refractivity (Wildman–Crippen MR) is 53.3 cm³/mol. The fraction of sp³-hybridized carbons (Fsp3) is 0.100. The lowest BCUT2D eigenvalue weighted by atomic mass is 10.3. The first-order valence-electron chi connectivity index (χ1n) is 4.34. The Morgan fingerprint density at radius 3 is 3.07 bits per heavy atom. The van der Waals surface area contributed by atoms with Gasteiger partial charge in [-0.15, -0.1) is 0 Å². The molecular weight excluding hydrogens is 194 g/mol. The van der Waals surface area contributed by atoms with Crippen LogP contribution in [0.2, 0.25) is 0 Å². The number of aromatic nitrogens is 3. The van der Waals surface area contributed by atoms with Gasteiger partial charge in [-0.1, -0.05) is 0 Å². The largest absolute Gasteiger partial charge is 0.493 e. The van der Waals surface area contributed by atoms with Crippen molar-refractivity contribution in [2.45, 2.75) is 0 Å². The molecule has 0 atom stereocenters. The first kappa shape index (κ1) is 9.39. The molecule has 2 aromatic heterocycles. The van der Waals surface area contributed by atoms with Crippen LogP contribution in [0.3, 0.4) is 0 Å². The van der Waals surface area contributed by atoms with Crippen LogP contribution in [0.15, 0.2) is 30.7 Å². The summed E-state index contributed by atoms with van der Waals surface area (Å²) in [4.78, 5) is 14.7. The molecule has 0 aliphatic heterocycles. The van der Waals surface area contributed by atoms with E-state index in [0.717, 1.165) is 0 Å². The summed E-state index contributed by atoms with van der Waals surface area (Å²) in [5.41, 5.74) is 0.985. The zero-order valence-electron chi connectivity index (χ0n) is 8.12. The van der Waals surface area contributed by atoms with Crippen LogP contribution in [0.1, 0.15) is 10.5 Å². The van der Waals surface area contributed by atoms with Crippen molar-refractivity contribution in [1.82, 2.24) is 14.8 Å². The van der Waals surface area contributed by atoms with Gasteiger partial charge in [0.05, 0.1) is 25.2 Å². The molecule has 2 aromatic rings. The van der Waals surface area contributed by atoms with Gasteiger partial charge in [0.1, 0.15) is 5.69 Å². The number of rotatable bonds is 3. The Morgan fingerprint density at radius 1 is 1.53 bits per heavy atom. The number of methoxy groups -OCH3 is 1. The molecule has 0 amide bonds. The summed E-state index contributed by atoms with van der Waals surface area (Å²) in [7, 11) is 1.56. The van der Waals surface area contributed by atoms with Gasteiger partial charge >= 0.3 is 0 Å². The van der Waals surface area contributed by atoms with Crippen LogP contribution in [0, 0.1) is 0 Å².